The van der Waals surface area contributed by atoms with E-state index in [9.17, 15) is 25.6 Å². The highest BCUT2D eigenvalue weighted by atomic mass is 79.9. The maximum absolute atomic E-state index is 13.6. The molecule has 0 saturated carbocycles. The number of sulfonamides is 2. The lowest BCUT2D eigenvalue weighted by Gasteiger charge is -2.12. The highest BCUT2D eigenvalue weighted by Crippen LogP contribution is 2.25. The second-order valence-corrected chi connectivity index (χ2v) is 9.06. The van der Waals surface area contributed by atoms with Gasteiger partial charge in [-0.3, -0.25) is 0 Å². The third kappa shape index (κ3) is 4.68. The Morgan fingerprint density at radius 3 is 2.24 bits per heavy atom. The van der Waals surface area contributed by atoms with Crippen LogP contribution in [0, 0.1) is 11.6 Å². The molecule has 0 heterocycles. The summed E-state index contributed by atoms with van der Waals surface area (Å²) >= 11 is 2.76. The Morgan fingerprint density at radius 2 is 1.76 bits per heavy atom. The van der Waals surface area contributed by atoms with E-state index in [0.717, 1.165) is 10.4 Å². The average molecular weight is 407 g/mol. The van der Waals surface area contributed by atoms with Gasteiger partial charge in [0.1, 0.15) is 16.5 Å². The molecule has 6 nitrogen and oxygen atoms in total. The monoisotopic (exact) mass is 406 g/mol. The van der Waals surface area contributed by atoms with Crippen molar-refractivity contribution in [1.82, 2.24) is 9.03 Å². The maximum atomic E-state index is 13.6. The summed E-state index contributed by atoms with van der Waals surface area (Å²) in [6, 6.07) is 1.23. The van der Waals surface area contributed by atoms with E-state index in [1.54, 1.807) is 0 Å². The number of rotatable bonds is 6. The molecule has 1 aromatic rings. The van der Waals surface area contributed by atoms with E-state index in [1.807, 2.05) is 4.72 Å². The molecule has 0 aromatic heterocycles. The summed E-state index contributed by atoms with van der Waals surface area (Å²) in [5.74, 6) is -2.70. The van der Waals surface area contributed by atoms with Crippen LogP contribution >= 0.6 is 15.9 Å². The van der Waals surface area contributed by atoms with Crippen LogP contribution in [0.2, 0.25) is 0 Å². The zero-order valence-corrected chi connectivity index (χ0v) is 14.3. The first kappa shape index (κ1) is 18.4. The maximum Gasteiger partial charge on any atom is 0.244 e. The van der Waals surface area contributed by atoms with Crippen LogP contribution in [-0.4, -0.2) is 47.5 Å². The molecule has 0 radical (unpaired) electrons. The van der Waals surface area contributed by atoms with Crippen LogP contribution in [0.15, 0.2) is 21.5 Å². The van der Waals surface area contributed by atoms with E-state index >= 15 is 0 Å². The van der Waals surface area contributed by atoms with Gasteiger partial charge in [-0.15, -0.1) is 0 Å². The molecule has 0 fully saturated rings. The minimum atomic E-state index is -4.31. The van der Waals surface area contributed by atoms with Gasteiger partial charge >= 0.3 is 0 Å². The molecule has 0 unspecified atom stereocenters. The van der Waals surface area contributed by atoms with Gasteiger partial charge in [-0.2, -0.15) is 0 Å². The van der Waals surface area contributed by atoms with Gasteiger partial charge in [-0.05, 0) is 22.0 Å². The highest BCUT2D eigenvalue weighted by Gasteiger charge is 2.24. The molecular formula is C10H13BrF2N2O4S2. The molecule has 0 aliphatic carbocycles. The van der Waals surface area contributed by atoms with Gasteiger partial charge in [0.05, 0.1) is 5.75 Å². The highest BCUT2D eigenvalue weighted by molar-refractivity contribution is 9.10. The standard InChI is InChI=1S/C10H13BrF2N2O4S2/c1-15(2)20(16,17)4-3-14-21(18,19)10-8(11)5-7(12)6-9(10)13/h5-6,14H,3-4H2,1-2H3. The van der Waals surface area contributed by atoms with Gasteiger partial charge in [0, 0.05) is 31.2 Å². The first-order valence-electron chi connectivity index (χ1n) is 5.52. The zero-order chi connectivity index (χ0) is 16.4. The van der Waals surface area contributed by atoms with Crippen molar-refractivity contribution in [2.24, 2.45) is 0 Å². The summed E-state index contributed by atoms with van der Waals surface area (Å²) in [6.45, 7) is -0.438. The fourth-order valence-electron chi connectivity index (χ4n) is 1.35. The minimum Gasteiger partial charge on any atom is -0.212 e. The van der Waals surface area contributed by atoms with E-state index in [0.29, 0.717) is 6.07 Å². The van der Waals surface area contributed by atoms with E-state index in [1.165, 1.54) is 14.1 Å². The van der Waals surface area contributed by atoms with Crippen molar-refractivity contribution in [3.63, 3.8) is 0 Å². The number of nitrogens with one attached hydrogen (secondary N) is 1. The Kier molecular flexibility index (Phi) is 5.83. The number of hydrogen-bond acceptors (Lipinski definition) is 4. The Balaban J connectivity index is 2.95. The van der Waals surface area contributed by atoms with Crippen LogP contribution < -0.4 is 4.72 Å². The van der Waals surface area contributed by atoms with Gasteiger partial charge in [0.15, 0.2) is 0 Å². The summed E-state index contributed by atoms with van der Waals surface area (Å²) < 4.78 is 76.0. The SMILES string of the molecule is CN(C)S(=O)(=O)CCNS(=O)(=O)c1c(F)cc(F)cc1Br. The van der Waals surface area contributed by atoms with Crippen LogP contribution in [0.5, 0.6) is 0 Å². The Labute approximate surface area is 130 Å². The summed E-state index contributed by atoms with van der Waals surface area (Å²) in [5, 5.41) is 0. The van der Waals surface area contributed by atoms with Crippen molar-refractivity contribution in [3.05, 3.63) is 28.2 Å². The van der Waals surface area contributed by atoms with Crippen molar-refractivity contribution in [1.29, 1.82) is 0 Å². The second-order valence-electron chi connectivity index (χ2n) is 4.19. The number of benzene rings is 1. The van der Waals surface area contributed by atoms with Crippen molar-refractivity contribution < 1.29 is 25.6 Å². The lowest BCUT2D eigenvalue weighted by Crippen LogP contribution is -2.34. The molecule has 1 N–H and O–H groups in total. The van der Waals surface area contributed by atoms with E-state index in [2.05, 4.69) is 15.9 Å². The third-order valence-electron chi connectivity index (χ3n) is 2.44. The number of hydrogen-bond donors (Lipinski definition) is 1. The van der Waals surface area contributed by atoms with Crippen LogP contribution in [0.25, 0.3) is 0 Å². The van der Waals surface area contributed by atoms with E-state index < -0.39 is 48.9 Å². The third-order valence-corrected chi connectivity index (χ3v) is 6.70. The molecule has 1 rings (SSSR count). The van der Waals surface area contributed by atoms with Gasteiger partial charge in [0.25, 0.3) is 0 Å². The van der Waals surface area contributed by atoms with Crippen molar-refractivity contribution >= 4 is 36.0 Å². The van der Waals surface area contributed by atoms with Crippen LogP contribution in [0.1, 0.15) is 0 Å². The molecule has 1 aromatic carbocycles. The lowest BCUT2D eigenvalue weighted by atomic mass is 10.3. The van der Waals surface area contributed by atoms with Crippen LogP contribution in [-0.2, 0) is 20.0 Å². The number of nitrogens with zero attached hydrogens (tertiary/aromatic N) is 1. The van der Waals surface area contributed by atoms with Gasteiger partial charge in [-0.1, -0.05) is 0 Å². The smallest absolute Gasteiger partial charge is 0.212 e. The second kappa shape index (κ2) is 6.65. The molecule has 0 atom stereocenters. The molecule has 0 aliphatic rings. The Hall–Kier alpha value is -0.620. The number of halogens is 3. The van der Waals surface area contributed by atoms with Gasteiger partial charge < -0.3 is 0 Å². The molecule has 0 aliphatic heterocycles. The van der Waals surface area contributed by atoms with Crippen molar-refractivity contribution in [3.8, 4) is 0 Å². The van der Waals surface area contributed by atoms with Gasteiger partial charge in [0.2, 0.25) is 20.0 Å². The van der Waals surface area contributed by atoms with E-state index in [4.69, 9.17) is 0 Å². The molecular weight excluding hydrogens is 394 g/mol. The summed E-state index contributed by atoms with van der Waals surface area (Å²) in [6.07, 6.45) is 0. The molecule has 0 spiro atoms. The van der Waals surface area contributed by atoms with Gasteiger partial charge in [-0.25, -0.2) is 34.6 Å². The predicted octanol–water partition coefficient (Wildman–Crippen LogP) is 0.897. The first-order chi connectivity index (χ1) is 9.47. The Morgan fingerprint density at radius 1 is 1.19 bits per heavy atom. The molecule has 11 heteroatoms. The lowest BCUT2D eigenvalue weighted by molar-refractivity contribution is 0.519. The normalized spacial score (nSPS) is 12.9. The molecule has 0 saturated heterocycles. The minimum absolute atomic E-state index is 0.289. The quantitative estimate of drug-likeness (QED) is 0.760. The summed E-state index contributed by atoms with van der Waals surface area (Å²) in [4.78, 5) is -0.772. The predicted molar refractivity (Wildman–Crippen MR) is 76.7 cm³/mol. The van der Waals surface area contributed by atoms with Crippen LogP contribution in [0.4, 0.5) is 8.78 Å². The Bertz CT molecular complexity index is 712. The fourth-order valence-corrected chi connectivity index (χ4v) is 4.39. The van der Waals surface area contributed by atoms with Crippen molar-refractivity contribution in [2.45, 2.75) is 4.90 Å². The molecule has 0 amide bonds. The fraction of sp³-hybridized carbons (Fsp3) is 0.400. The van der Waals surface area contributed by atoms with Crippen molar-refractivity contribution in [2.75, 3.05) is 26.4 Å². The molecule has 21 heavy (non-hydrogen) atoms. The largest absolute Gasteiger partial charge is 0.244 e. The van der Waals surface area contributed by atoms with Crippen LogP contribution in [0.3, 0.4) is 0 Å². The summed E-state index contributed by atoms with van der Waals surface area (Å²) in [7, 11) is -5.29. The first-order valence-corrected chi connectivity index (χ1v) is 9.40. The topological polar surface area (TPSA) is 83.6 Å². The molecule has 120 valence electrons. The summed E-state index contributed by atoms with van der Waals surface area (Å²) in [5.41, 5.74) is 0. The average Bonchev–Trinajstić information content (AvgIpc) is 2.25. The zero-order valence-electron chi connectivity index (χ0n) is 11.1. The van der Waals surface area contributed by atoms with E-state index in [-0.39, 0.29) is 4.47 Å². The molecule has 0 bridgehead atoms.